The van der Waals surface area contributed by atoms with Crippen LogP contribution in [0.15, 0.2) is 12.5 Å². The van der Waals surface area contributed by atoms with Crippen LogP contribution in [-0.4, -0.2) is 45.5 Å². The summed E-state index contributed by atoms with van der Waals surface area (Å²) in [7, 11) is 0. The van der Waals surface area contributed by atoms with E-state index in [0.29, 0.717) is 24.5 Å². The Labute approximate surface area is 111 Å². The number of rotatable bonds is 3. The third-order valence-electron chi connectivity index (χ3n) is 4.55. The molecule has 4 atom stereocenters. The predicted molar refractivity (Wildman–Crippen MR) is 68.6 cm³/mol. The van der Waals surface area contributed by atoms with Gasteiger partial charge in [-0.2, -0.15) is 0 Å². The molecule has 2 saturated heterocycles. The van der Waals surface area contributed by atoms with Crippen molar-refractivity contribution in [2.45, 2.75) is 62.4 Å². The molecule has 1 aromatic heterocycles. The van der Waals surface area contributed by atoms with Crippen molar-refractivity contribution in [1.29, 1.82) is 0 Å². The first-order chi connectivity index (χ1) is 9.31. The Kier molecular flexibility index (Phi) is 2.65. The SMILES string of the molecule is F[C@H]1C[C@@H]2C[C@@H](N(c3cncnn3)C3CC3)C[C@H]1N2. The lowest BCUT2D eigenvalue weighted by molar-refractivity contribution is 0.271. The van der Waals surface area contributed by atoms with Gasteiger partial charge in [0.2, 0.25) is 0 Å². The van der Waals surface area contributed by atoms with Crippen LogP contribution in [0.2, 0.25) is 0 Å². The number of anilines is 1. The van der Waals surface area contributed by atoms with E-state index in [9.17, 15) is 4.39 Å². The standard InChI is InChI=1S/C13H18FN5/c14-11-4-8-3-10(5-12(11)17-8)19(9-1-2-9)13-6-15-7-16-18-13/h6-12,17H,1-5H2/t8-,10+,11-,12+/m0/s1. The summed E-state index contributed by atoms with van der Waals surface area (Å²) in [5.74, 6) is 0.853. The predicted octanol–water partition coefficient (Wildman–Crippen LogP) is 1.07. The number of aromatic nitrogens is 3. The average Bonchev–Trinajstić information content (AvgIpc) is 3.20. The highest BCUT2D eigenvalue weighted by molar-refractivity contribution is 5.40. The van der Waals surface area contributed by atoms with Gasteiger partial charge in [-0.1, -0.05) is 0 Å². The van der Waals surface area contributed by atoms with Crippen LogP contribution in [0.5, 0.6) is 0 Å². The summed E-state index contributed by atoms with van der Waals surface area (Å²) >= 11 is 0. The zero-order valence-corrected chi connectivity index (χ0v) is 10.7. The van der Waals surface area contributed by atoms with E-state index in [1.807, 2.05) is 0 Å². The van der Waals surface area contributed by atoms with E-state index in [1.165, 1.54) is 19.2 Å². The first-order valence-corrected chi connectivity index (χ1v) is 7.12. The molecule has 3 fully saturated rings. The molecule has 0 radical (unpaired) electrons. The molecule has 1 aliphatic carbocycles. The quantitative estimate of drug-likeness (QED) is 0.884. The number of fused-ring (bicyclic) bond motifs is 2. The highest BCUT2D eigenvalue weighted by Crippen LogP contribution is 2.38. The van der Waals surface area contributed by atoms with Crippen LogP contribution >= 0.6 is 0 Å². The Morgan fingerprint density at radius 2 is 2.11 bits per heavy atom. The Bertz CT molecular complexity index is 450. The monoisotopic (exact) mass is 263 g/mol. The second-order valence-corrected chi connectivity index (χ2v) is 5.95. The van der Waals surface area contributed by atoms with E-state index < -0.39 is 6.17 Å². The van der Waals surface area contributed by atoms with E-state index >= 15 is 0 Å². The molecule has 5 nitrogen and oxygen atoms in total. The number of halogens is 1. The van der Waals surface area contributed by atoms with Crippen LogP contribution in [0.25, 0.3) is 0 Å². The maximum Gasteiger partial charge on any atom is 0.170 e. The molecule has 2 bridgehead atoms. The normalized spacial score (nSPS) is 37.3. The highest BCUT2D eigenvalue weighted by Gasteiger charge is 2.45. The molecule has 2 aliphatic heterocycles. The van der Waals surface area contributed by atoms with Gasteiger partial charge in [-0.25, -0.2) is 9.37 Å². The van der Waals surface area contributed by atoms with Crippen LogP contribution in [0.3, 0.4) is 0 Å². The molecule has 6 heteroatoms. The van der Waals surface area contributed by atoms with Gasteiger partial charge < -0.3 is 10.2 Å². The van der Waals surface area contributed by atoms with Gasteiger partial charge in [0.1, 0.15) is 12.5 Å². The third-order valence-corrected chi connectivity index (χ3v) is 4.55. The van der Waals surface area contributed by atoms with Gasteiger partial charge in [-0.15, -0.1) is 10.2 Å². The van der Waals surface area contributed by atoms with Gasteiger partial charge in [0.25, 0.3) is 0 Å². The fourth-order valence-corrected chi connectivity index (χ4v) is 3.62. The summed E-state index contributed by atoms with van der Waals surface area (Å²) in [6.07, 6.45) is 7.49. The number of hydrogen-bond donors (Lipinski definition) is 1. The molecule has 0 spiro atoms. The van der Waals surface area contributed by atoms with Crippen molar-refractivity contribution in [1.82, 2.24) is 20.5 Å². The first-order valence-electron chi connectivity index (χ1n) is 7.12. The van der Waals surface area contributed by atoms with Gasteiger partial charge in [-0.3, -0.25) is 0 Å². The molecular weight excluding hydrogens is 245 g/mol. The van der Waals surface area contributed by atoms with E-state index in [0.717, 1.165) is 18.7 Å². The van der Waals surface area contributed by atoms with Crippen LogP contribution in [0.4, 0.5) is 10.2 Å². The van der Waals surface area contributed by atoms with Gasteiger partial charge in [-0.05, 0) is 32.1 Å². The van der Waals surface area contributed by atoms with E-state index in [4.69, 9.17) is 0 Å². The maximum atomic E-state index is 13.8. The van der Waals surface area contributed by atoms with Crippen LogP contribution in [0.1, 0.15) is 32.1 Å². The molecular formula is C13H18FN5. The Hall–Kier alpha value is -1.30. The fourth-order valence-electron chi connectivity index (χ4n) is 3.62. The maximum absolute atomic E-state index is 13.8. The van der Waals surface area contributed by atoms with Crippen molar-refractivity contribution >= 4 is 5.82 Å². The Balaban J connectivity index is 1.59. The van der Waals surface area contributed by atoms with E-state index in [-0.39, 0.29) is 6.04 Å². The van der Waals surface area contributed by atoms with Crippen molar-refractivity contribution in [3.05, 3.63) is 12.5 Å². The largest absolute Gasteiger partial charge is 0.348 e. The number of hydrogen-bond acceptors (Lipinski definition) is 5. The molecule has 0 amide bonds. The molecule has 4 rings (SSSR count). The zero-order valence-electron chi connectivity index (χ0n) is 10.7. The summed E-state index contributed by atoms with van der Waals surface area (Å²) in [6.45, 7) is 0. The first kappa shape index (κ1) is 11.5. The van der Waals surface area contributed by atoms with Crippen molar-refractivity contribution in [2.75, 3.05) is 4.90 Å². The minimum absolute atomic E-state index is 0.0228. The van der Waals surface area contributed by atoms with Crippen LogP contribution in [-0.2, 0) is 0 Å². The van der Waals surface area contributed by atoms with Gasteiger partial charge in [0, 0.05) is 24.2 Å². The number of piperidine rings is 1. The second-order valence-electron chi connectivity index (χ2n) is 5.95. The number of alkyl halides is 1. The molecule has 3 heterocycles. The molecule has 1 aromatic rings. The van der Waals surface area contributed by atoms with Crippen LogP contribution in [0, 0.1) is 0 Å². The molecule has 19 heavy (non-hydrogen) atoms. The highest BCUT2D eigenvalue weighted by atomic mass is 19.1. The minimum atomic E-state index is -0.684. The fraction of sp³-hybridized carbons (Fsp3) is 0.769. The lowest BCUT2D eigenvalue weighted by atomic mass is 9.98. The summed E-state index contributed by atoms with van der Waals surface area (Å²) < 4.78 is 13.8. The van der Waals surface area contributed by atoms with Crippen molar-refractivity contribution in [2.24, 2.45) is 0 Å². The lowest BCUT2D eigenvalue weighted by Gasteiger charge is -2.38. The summed E-state index contributed by atoms with van der Waals surface area (Å²) in [4.78, 5) is 6.42. The van der Waals surface area contributed by atoms with Crippen molar-refractivity contribution < 1.29 is 4.39 Å². The second kappa shape index (κ2) is 4.37. The molecule has 1 N–H and O–H groups in total. The van der Waals surface area contributed by atoms with Gasteiger partial charge in [0.15, 0.2) is 5.82 Å². The number of nitrogens with one attached hydrogen (secondary N) is 1. The molecule has 1 saturated carbocycles. The topological polar surface area (TPSA) is 53.9 Å². The van der Waals surface area contributed by atoms with E-state index in [1.54, 1.807) is 6.20 Å². The molecule has 3 aliphatic rings. The Morgan fingerprint density at radius 1 is 1.21 bits per heavy atom. The van der Waals surface area contributed by atoms with E-state index in [2.05, 4.69) is 25.4 Å². The molecule has 0 unspecified atom stereocenters. The Morgan fingerprint density at radius 3 is 2.79 bits per heavy atom. The zero-order chi connectivity index (χ0) is 12.8. The number of nitrogens with zero attached hydrogens (tertiary/aromatic N) is 4. The summed E-state index contributed by atoms with van der Waals surface area (Å²) in [6, 6.07) is 1.28. The third kappa shape index (κ3) is 2.08. The molecule has 102 valence electrons. The van der Waals surface area contributed by atoms with Crippen molar-refractivity contribution in [3.63, 3.8) is 0 Å². The summed E-state index contributed by atoms with van der Waals surface area (Å²) in [5, 5.41) is 11.5. The summed E-state index contributed by atoms with van der Waals surface area (Å²) in [5.41, 5.74) is 0. The molecule has 0 aromatic carbocycles. The van der Waals surface area contributed by atoms with Crippen molar-refractivity contribution in [3.8, 4) is 0 Å². The van der Waals surface area contributed by atoms with Gasteiger partial charge in [0.05, 0.1) is 6.20 Å². The average molecular weight is 263 g/mol. The minimum Gasteiger partial charge on any atom is -0.348 e. The smallest absolute Gasteiger partial charge is 0.170 e. The van der Waals surface area contributed by atoms with Gasteiger partial charge >= 0.3 is 0 Å². The van der Waals surface area contributed by atoms with Crippen LogP contribution < -0.4 is 10.2 Å². The lowest BCUT2D eigenvalue weighted by Crippen LogP contribution is -2.50.